The van der Waals surface area contributed by atoms with E-state index in [1.165, 1.54) is 0 Å². The Labute approximate surface area is 181 Å². The van der Waals surface area contributed by atoms with E-state index in [1.54, 1.807) is 11.8 Å². The second kappa shape index (κ2) is 10.1. The third kappa shape index (κ3) is 5.84. The van der Waals surface area contributed by atoms with Gasteiger partial charge in [-0.2, -0.15) is 0 Å². The topological polar surface area (TPSA) is 76.1 Å². The Morgan fingerprint density at radius 1 is 1.03 bits per heavy atom. The summed E-state index contributed by atoms with van der Waals surface area (Å²) < 4.78 is 10.8. The van der Waals surface area contributed by atoms with Gasteiger partial charge in [-0.05, 0) is 50.2 Å². The van der Waals surface area contributed by atoms with Crippen LogP contribution in [0.5, 0.6) is 5.75 Å². The number of nitrogens with zero attached hydrogens (tertiary/aromatic N) is 1. The maximum atomic E-state index is 13.1. The Hall–Kier alpha value is -2.35. The molecule has 0 saturated carbocycles. The number of aliphatic carboxylic acids is 1. The SMILES string of the molecule is CC(C)(C(=O)c1ccc(Sc2ccc(OCCC(=O)O)cc2)cc1)N1CCOCC1. The molecule has 1 fully saturated rings. The van der Waals surface area contributed by atoms with Crippen molar-refractivity contribution in [3.8, 4) is 5.75 Å². The minimum Gasteiger partial charge on any atom is -0.493 e. The number of morpholine rings is 1. The van der Waals surface area contributed by atoms with Gasteiger partial charge in [0, 0.05) is 28.4 Å². The lowest BCUT2D eigenvalue weighted by molar-refractivity contribution is -0.137. The Morgan fingerprint density at radius 2 is 1.60 bits per heavy atom. The minimum atomic E-state index is -0.877. The maximum absolute atomic E-state index is 13.1. The molecular formula is C23H27NO5S. The highest BCUT2D eigenvalue weighted by molar-refractivity contribution is 7.99. The lowest BCUT2D eigenvalue weighted by atomic mass is 9.91. The summed E-state index contributed by atoms with van der Waals surface area (Å²) in [7, 11) is 0. The molecule has 0 aliphatic carbocycles. The summed E-state index contributed by atoms with van der Waals surface area (Å²) in [4.78, 5) is 27.9. The van der Waals surface area contributed by atoms with E-state index >= 15 is 0 Å². The van der Waals surface area contributed by atoms with E-state index in [1.807, 2.05) is 62.4 Å². The normalized spacial score (nSPS) is 15.0. The van der Waals surface area contributed by atoms with Crippen molar-refractivity contribution in [2.24, 2.45) is 0 Å². The lowest BCUT2D eigenvalue weighted by Crippen LogP contribution is -2.54. The molecule has 3 rings (SSSR count). The molecule has 2 aromatic carbocycles. The summed E-state index contributed by atoms with van der Waals surface area (Å²) in [5, 5.41) is 8.65. The van der Waals surface area contributed by atoms with Crippen LogP contribution in [0.2, 0.25) is 0 Å². The van der Waals surface area contributed by atoms with Gasteiger partial charge < -0.3 is 14.6 Å². The van der Waals surface area contributed by atoms with E-state index < -0.39 is 11.5 Å². The number of ketones is 1. The van der Waals surface area contributed by atoms with Gasteiger partial charge in [-0.15, -0.1) is 0 Å². The van der Waals surface area contributed by atoms with E-state index in [9.17, 15) is 9.59 Å². The first-order valence-electron chi connectivity index (χ1n) is 9.96. The van der Waals surface area contributed by atoms with E-state index in [0.717, 1.165) is 22.9 Å². The Morgan fingerprint density at radius 3 is 2.17 bits per heavy atom. The molecule has 1 saturated heterocycles. The maximum Gasteiger partial charge on any atom is 0.306 e. The Kier molecular flexibility index (Phi) is 7.53. The molecule has 0 aromatic heterocycles. The van der Waals surface area contributed by atoms with Crippen LogP contribution in [0, 0.1) is 0 Å². The van der Waals surface area contributed by atoms with E-state index in [4.69, 9.17) is 14.6 Å². The molecule has 0 spiro atoms. The molecule has 0 amide bonds. The van der Waals surface area contributed by atoms with Crippen LogP contribution < -0.4 is 4.74 Å². The Balaban J connectivity index is 1.58. The summed E-state index contributed by atoms with van der Waals surface area (Å²) in [6, 6.07) is 15.2. The largest absolute Gasteiger partial charge is 0.493 e. The molecule has 0 atom stereocenters. The number of carbonyl (C=O) groups excluding carboxylic acids is 1. The van der Waals surface area contributed by atoms with Crippen molar-refractivity contribution in [2.75, 3.05) is 32.9 Å². The fraction of sp³-hybridized carbons (Fsp3) is 0.391. The first-order valence-corrected chi connectivity index (χ1v) is 10.8. The van der Waals surface area contributed by atoms with Gasteiger partial charge in [0.25, 0.3) is 0 Å². The van der Waals surface area contributed by atoms with Crippen molar-refractivity contribution >= 4 is 23.5 Å². The van der Waals surface area contributed by atoms with Gasteiger partial charge in [-0.3, -0.25) is 14.5 Å². The molecule has 1 N–H and O–H groups in total. The molecular weight excluding hydrogens is 402 g/mol. The number of Topliss-reactive ketones (excluding diaryl/α,β-unsaturated/α-hetero) is 1. The van der Waals surface area contributed by atoms with Crippen LogP contribution in [-0.4, -0.2) is 60.2 Å². The molecule has 1 aliphatic rings. The first kappa shape index (κ1) is 22.3. The van der Waals surface area contributed by atoms with Crippen molar-refractivity contribution in [1.29, 1.82) is 0 Å². The van der Waals surface area contributed by atoms with Crippen molar-refractivity contribution in [2.45, 2.75) is 35.6 Å². The van der Waals surface area contributed by atoms with Gasteiger partial charge >= 0.3 is 5.97 Å². The molecule has 0 unspecified atom stereocenters. The molecule has 160 valence electrons. The summed E-state index contributed by atoms with van der Waals surface area (Å²) in [6.45, 7) is 6.96. The number of benzene rings is 2. The van der Waals surface area contributed by atoms with Crippen LogP contribution in [0.1, 0.15) is 30.6 Å². The molecule has 7 heteroatoms. The third-order valence-corrected chi connectivity index (χ3v) is 6.13. The monoisotopic (exact) mass is 429 g/mol. The van der Waals surface area contributed by atoms with Gasteiger partial charge in [-0.25, -0.2) is 0 Å². The molecule has 0 radical (unpaired) electrons. The molecule has 0 bridgehead atoms. The van der Waals surface area contributed by atoms with Crippen LogP contribution in [-0.2, 0) is 9.53 Å². The quantitative estimate of drug-likeness (QED) is 0.604. The predicted molar refractivity (Wildman–Crippen MR) is 116 cm³/mol. The summed E-state index contributed by atoms with van der Waals surface area (Å²) in [6.07, 6.45) is -0.0239. The highest BCUT2D eigenvalue weighted by Gasteiger charge is 2.35. The van der Waals surface area contributed by atoms with Crippen LogP contribution >= 0.6 is 11.8 Å². The number of carboxylic acid groups (broad SMARTS) is 1. The molecule has 1 aliphatic heterocycles. The average Bonchev–Trinajstić information content (AvgIpc) is 2.75. The highest BCUT2D eigenvalue weighted by atomic mass is 32.2. The fourth-order valence-corrected chi connectivity index (χ4v) is 4.11. The average molecular weight is 430 g/mol. The summed E-state index contributed by atoms with van der Waals surface area (Å²) in [5.74, 6) is -0.117. The van der Waals surface area contributed by atoms with E-state index in [0.29, 0.717) is 24.5 Å². The van der Waals surface area contributed by atoms with Gasteiger partial charge in [0.1, 0.15) is 5.75 Å². The van der Waals surface area contributed by atoms with Gasteiger partial charge in [0.2, 0.25) is 0 Å². The fourth-order valence-electron chi connectivity index (χ4n) is 3.29. The van der Waals surface area contributed by atoms with Crippen molar-refractivity contribution in [1.82, 2.24) is 4.90 Å². The van der Waals surface area contributed by atoms with Gasteiger partial charge in [-0.1, -0.05) is 23.9 Å². The zero-order chi connectivity index (χ0) is 21.6. The summed E-state index contributed by atoms with van der Waals surface area (Å²) in [5.41, 5.74) is 0.146. The smallest absolute Gasteiger partial charge is 0.306 e. The Bertz CT molecular complexity index is 858. The lowest BCUT2D eigenvalue weighted by Gasteiger charge is -2.39. The standard InChI is InChI=1S/C23H27NO5S/c1-23(2,24-12-15-28-16-13-24)22(27)17-3-7-19(8-4-17)30-20-9-5-18(6-10-20)29-14-11-21(25)26/h3-10H,11-16H2,1-2H3,(H,25,26). The molecule has 2 aromatic rings. The summed E-state index contributed by atoms with van der Waals surface area (Å²) >= 11 is 1.59. The highest BCUT2D eigenvalue weighted by Crippen LogP contribution is 2.30. The molecule has 30 heavy (non-hydrogen) atoms. The predicted octanol–water partition coefficient (Wildman–Crippen LogP) is 3.98. The number of ether oxygens (including phenoxy) is 2. The number of carboxylic acids is 1. The number of rotatable bonds is 9. The van der Waals surface area contributed by atoms with Crippen molar-refractivity contribution in [3.05, 3.63) is 54.1 Å². The zero-order valence-corrected chi connectivity index (χ0v) is 18.1. The van der Waals surface area contributed by atoms with Crippen molar-refractivity contribution in [3.63, 3.8) is 0 Å². The van der Waals surface area contributed by atoms with Gasteiger partial charge in [0.05, 0.1) is 31.8 Å². The van der Waals surface area contributed by atoms with Crippen LogP contribution in [0.3, 0.4) is 0 Å². The second-order valence-electron chi connectivity index (χ2n) is 7.58. The third-order valence-electron chi connectivity index (χ3n) is 5.12. The van der Waals surface area contributed by atoms with E-state index in [2.05, 4.69) is 4.90 Å². The van der Waals surface area contributed by atoms with Crippen molar-refractivity contribution < 1.29 is 24.2 Å². The zero-order valence-electron chi connectivity index (χ0n) is 17.3. The second-order valence-corrected chi connectivity index (χ2v) is 8.72. The number of carbonyl (C=O) groups is 2. The molecule has 6 nitrogen and oxygen atoms in total. The van der Waals surface area contributed by atoms with Gasteiger partial charge in [0.15, 0.2) is 5.78 Å². The van der Waals surface area contributed by atoms with Crippen LogP contribution in [0.25, 0.3) is 0 Å². The van der Waals surface area contributed by atoms with E-state index in [-0.39, 0.29) is 18.8 Å². The minimum absolute atomic E-state index is 0.0239. The van der Waals surface area contributed by atoms with Crippen LogP contribution in [0.4, 0.5) is 0 Å². The molecule has 1 heterocycles. The number of hydrogen-bond donors (Lipinski definition) is 1. The first-order chi connectivity index (χ1) is 14.4. The number of hydrogen-bond acceptors (Lipinski definition) is 6. The van der Waals surface area contributed by atoms with Crippen LogP contribution in [0.15, 0.2) is 58.3 Å².